The lowest BCUT2D eigenvalue weighted by Gasteiger charge is -2.61. The molecule has 23 heavy (non-hydrogen) atoms. The van der Waals surface area contributed by atoms with Gasteiger partial charge in [-0.2, -0.15) is 0 Å². The van der Waals surface area contributed by atoms with Crippen molar-refractivity contribution in [3.05, 3.63) is 0 Å². The van der Waals surface area contributed by atoms with Gasteiger partial charge in [-0.1, -0.05) is 0 Å². The van der Waals surface area contributed by atoms with Crippen LogP contribution in [-0.2, 0) is 9.53 Å². The lowest BCUT2D eigenvalue weighted by molar-refractivity contribution is -0.147. The maximum absolute atomic E-state index is 12.5. The molecule has 6 rings (SSSR count). The molecule has 1 unspecified atom stereocenters. The molecule has 2 saturated heterocycles. The molecule has 4 saturated carbocycles. The number of amides is 1. The topological polar surface area (TPSA) is 32.8 Å². The third kappa shape index (κ3) is 2.44. The van der Waals surface area contributed by atoms with Crippen LogP contribution in [0.5, 0.6) is 0 Å². The van der Waals surface area contributed by atoms with Crippen LogP contribution in [0.25, 0.3) is 0 Å². The molecule has 6 aliphatic rings. The summed E-state index contributed by atoms with van der Waals surface area (Å²) in [4.78, 5) is 17.4. The van der Waals surface area contributed by atoms with Gasteiger partial charge in [-0.15, -0.1) is 0 Å². The van der Waals surface area contributed by atoms with Crippen molar-refractivity contribution in [1.82, 2.24) is 9.80 Å². The highest BCUT2D eigenvalue weighted by Crippen LogP contribution is 2.57. The summed E-state index contributed by atoms with van der Waals surface area (Å²) in [5.41, 5.74) is 0.508. The zero-order chi connectivity index (χ0) is 15.4. The maximum atomic E-state index is 12.5. The third-order valence-corrected chi connectivity index (χ3v) is 7.47. The first-order chi connectivity index (χ1) is 11.2. The van der Waals surface area contributed by atoms with Gasteiger partial charge in [0.15, 0.2) is 0 Å². The Morgan fingerprint density at radius 1 is 0.913 bits per heavy atom. The van der Waals surface area contributed by atoms with Crippen molar-refractivity contribution in [1.29, 1.82) is 0 Å². The SMILES string of the molecule is O=C(C1CCCO1)N1CCN(C23CC4CC(CC(C4)C2)C3)CC1. The first-order valence-corrected chi connectivity index (χ1v) is 9.87. The Hall–Kier alpha value is -0.610. The Kier molecular flexibility index (Phi) is 3.49. The number of ether oxygens (including phenoxy) is 1. The van der Waals surface area contributed by atoms with Gasteiger partial charge in [0.1, 0.15) is 6.10 Å². The van der Waals surface area contributed by atoms with Gasteiger partial charge in [0, 0.05) is 38.3 Å². The maximum Gasteiger partial charge on any atom is 0.251 e. The molecule has 0 N–H and O–H groups in total. The van der Waals surface area contributed by atoms with Crippen molar-refractivity contribution in [2.24, 2.45) is 17.8 Å². The van der Waals surface area contributed by atoms with Crippen LogP contribution in [0.3, 0.4) is 0 Å². The second-order valence-corrected chi connectivity index (χ2v) is 8.96. The minimum atomic E-state index is -0.138. The molecular weight excluding hydrogens is 288 g/mol. The number of carbonyl (C=O) groups is 1. The highest BCUT2D eigenvalue weighted by atomic mass is 16.5. The minimum absolute atomic E-state index is 0.138. The normalized spacial score (nSPS) is 46.5. The molecule has 4 aliphatic carbocycles. The average Bonchev–Trinajstić information content (AvgIpc) is 3.07. The van der Waals surface area contributed by atoms with E-state index in [2.05, 4.69) is 9.80 Å². The number of nitrogens with zero attached hydrogens (tertiary/aromatic N) is 2. The summed E-state index contributed by atoms with van der Waals surface area (Å²) in [6.07, 6.45) is 10.7. The second kappa shape index (κ2) is 5.45. The molecule has 1 amide bonds. The van der Waals surface area contributed by atoms with Gasteiger partial charge in [0.2, 0.25) is 0 Å². The molecule has 128 valence electrons. The molecule has 0 radical (unpaired) electrons. The van der Waals surface area contributed by atoms with E-state index in [1.165, 1.54) is 38.5 Å². The van der Waals surface area contributed by atoms with Crippen LogP contribution in [0.15, 0.2) is 0 Å². The number of hydrogen-bond acceptors (Lipinski definition) is 3. The highest BCUT2D eigenvalue weighted by molar-refractivity contribution is 5.81. The summed E-state index contributed by atoms with van der Waals surface area (Å²) >= 11 is 0. The molecule has 0 aromatic heterocycles. The molecule has 0 aromatic rings. The Morgan fingerprint density at radius 2 is 1.52 bits per heavy atom. The van der Waals surface area contributed by atoms with Crippen molar-refractivity contribution in [3.63, 3.8) is 0 Å². The van der Waals surface area contributed by atoms with Crippen molar-refractivity contribution >= 4 is 5.91 Å². The van der Waals surface area contributed by atoms with E-state index in [4.69, 9.17) is 4.74 Å². The summed E-state index contributed by atoms with van der Waals surface area (Å²) in [7, 11) is 0. The quantitative estimate of drug-likeness (QED) is 0.783. The van der Waals surface area contributed by atoms with Gasteiger partial charge < -0.3 is 9.64 Å². The number of carbonyl (C=O) groups excluding carboxylic acids is 1. The van der Waals surface area contributed by atoms with Crippen molar-refractivity contribution in [3.8, 4) is 0 Å². The number of piperazine rings is 1. The van der Waals surface area contributed by atoms with E-state index in [0.29, 0.717) is 5.54 Å². The number of hydrogen-bond donors (Lipinski definition) is 0. The zero-order valence-corrected chi connectivity index (χ0v) is 14.2. The van der Waals surface area contributed by atoms with Crippen LogP contribution in [-0.4, -0.2) is 60.1 Å². The van der Waals surface area contributed by atoms with Gasteiger partial charge >= 0.3 is 0 Å². The molecular formula is C19H30N2O2. The van der Waals surface area contributed by atoms with Crippen LogP contribution in [0, 0.1) is 17.8 Å². The van der Waals surface area contributed by atoms with Crippen LogP contribution in [0.4, 0.5) is 0 Å². The summed E-state index contributed by atoms with van der Waals surface area (Å²) in [5, 5.41) is 0. The monoisotopic (exact) mass is 318 g/mol. The smallest absolute Gasteiger partial charge is 0.251 e. The average molecular weight is 318 g/mol. The lowest BCUT2D eigenvalue weighted by atomic mass is 9.52. The van der Waals surface area contributed by atoms with Gasteiger partial charge in [0.25, 0.3) is 5.91 Å². The predicted molar refractivity (Wildman–Crippen MR) is 88.0 cm³/mol. The standard InChI is InChI=1S/C19H30N2O2/c22-18(17-2-1-7-23-17)20-3-5-21(6-4-20)19-11-14-8-15(12-19)10-16(9-14)13-19/h14-17H,1-13H2. The van der Waals surface area contributed by atoms with E-state index in [0.717, 1.165) is 63.4 Å². The predicted octanol–water partition coefficient (Wildman–Crippen LogP) is 2.28. The molecule has 4 nitrogen and oxygen atoms in total. The van der Waals surface area contributed by atoms with Crippen LogP contribution in [0.2, 0.25) is 0 Å². The summed E-state index contributed by atoms with van der Waals surface area (Å²) in [5.74, 6) is 3.28. The minimum Gasteiger partial charge on any atom is -0.368 e. The molecule has 4 bridgehead atoms. The first-order valence-electron chi connectivity index (χ1n) is 9.87. The molecule has 6 fully saturated rings. The summed E-state index contributed by atoms with van der Waals surface area (Å²) < 4.78 is 5.59. The fourth-order valence-electron chi connectivity index (χ4n) is 6.83. The Morgan fingerprint density at radius 3 is 2.04 bits per heavy atom. The first kappa shape index (κ1) is 14.7. The Labute approximate surface area is 139 Å². The van der Waals surface area contributed by atoms with E-state index in [-0.39, 0.29) is 12.0 Å². The zero-order valence-electron chi connectivity index (χ0n) is 14.2. The molecule has 2 heterocycles. The van der Waals surface area contributed by atoms with E-state index in [9.17, 15) is 4.79 Å². The Balaban J connectivity index is 1.24. The molecule has 0 spiro atoms. The molecule has 0 aromatic carbocycles. The van der Waals surface area contributed by atoms with Gasteiger partial charge in [-0.05, 0) is 69.1 Å². The third-order valence-electron chi connectivity index (χ3n) is 7.47. The second-order valence-electron chi connectivity index (χ2n) is 8.96. The van der Waals surface area contributed by atoms with Gasteiger partial charge in [0.05, 0.1) is 0 Å². The van der Waals surface area contributed by atoms with E-state index >= 15 is 0 Å². The summed E-state index contributed by atoms with van der Waals surface area (Å²) in [6, 6.07) is 0. The van der Waals surface area contributed by atoms with E-state index in [1.807, 2.05) is 0 Å². The van der Waals surface area contributed by atoms with Crippen LogP contribution >= 0.6 is 0 Å². The van der Waals surface area contributed by atoms with E-state index < -0.39 is 0 Å². The fraction of sp³-hybridized carbons (Fsp3) is 0.947. The van der Waals surface area contributed by atoms with E-state index in [1.54, 1.807) is 0 Å². The molecule has 4 heteroatoms. The summed E-state index contributed by atoms with van der Waals surface area (Å²) in [6.45, 7) is 4.78. The van der Waals surface area contributed by atoms with Crippen LogP contribution < -0.4 is 0 Å². The largest absolute Gasteiger partial charge is 0.368 e. The van der Waals surface area contributed by atoms with Crippen molar-refractivity contribution in [2.45, 2.75) is 63.0 Å². The lowest BCUT2D eigenvalue weighted by Crippen LogP contribution is -2.64. The fourth-order valence-corrected chi connectivity index (χ4v) is 6.83. The highest BCUT2D eigenvalue weighted by Gasteiger charge is 2.53. The van der Waals surface area contributed by atoms with Crippen molar-refractivity contribution < 1.29 is 9.53 Å². The van der Waals surface area contributed by atoms with Crippen LogP contribution in [0.1, 0.15) is 51.4 Å². The van der Waals surface area contributed by atoms with Gasteiger partial charge in [-0.3, -0.25) is 9.69 Å². The molecule has 1 atom stereocenters. The van der Waals surface area contributed by atoms with Crippen molar-refractivity contribution in [2.75, 3.05) is 32.8 Å². The van der Waals surface area contributed by atoms with Gasteiger partial charge in [-0.25, -0.2) is 0 Å². The number of rotatable bonds is 2. The Bertz CT molecular complexity index is 442. The molecule has 2 aliphatic heterocycles.